The van der Waals surface area contributed by atoms with Crippen molar-refractivity contribution in [3.05, 3.63) is 30.1 Å². The van der Waals surface area contributed by atoms with E-state index in [2.05, 4.69) is 36.0 Å². The van der Waals surface area contributed by atoms with Crippen molar-refractivity contribution in [3.63, 3.8) is 0 Å². The van der Waals surface area contributed by atoms with Gasteiger partial charge in [0.1, 0.15) is 0 Å². The van der Waals surface area contributed by atoms with Crippen LogP contribution in [0.2, 0.25) is 0 Å². The van der Waals surface area contributed by atoms with Gasteiger partial charge in [-0.15, -0.1) is 0 Å². The zero-order valence-electron chi connectivity index (χ0n) is 10.9. The Balaban J connectivity index is 2.06. The molecule has 1 saturated carbocycles. The molecule has 0 aliphatic heterocycles. The minimum Gasteiger partial charge on any atom is -0.329 e. The van der Waals surface area contributed by atoms with Crippen LogP contribution in [0.5, 0.6) is 0 Å². The monoisotopic (exact) mass is 233 g/mol. The average Bonchev–Trinajstić information content (AvgIpc) is 2.73. The third-order valence-corrected chi connectivity index (χ3v) is 4.19. The maximum Gasteiger partial charge on any atom is 0.0334 e. The van der Waals surface area contributed by atoms with Gasteiger partial charge in [-0.3, -0.25) is 9.88 Å². The largest absolute Gasteiger partial charge is 0.329 e. The van der Waals surface area contributed by atoms with Crippen LogP contribution < -0.4 is 5.73 Å². The third kappa shape index (κ3) is 2.67. The third-order valence-electron chi connectivity index (χ3n) is 4.19. The number of likely N-dealkylation sites (N-methyl/N-ethyl adjacent to an activating group) is 1. The van der Waals surface area contributed by atoms with Gasteiger partial charge in [0.25, 0.3) is 0 Å². The lowest BCUT2D eigenvalue weighted by Gasteiger charge is -2.38. The number of rotatable bonds is 4. The second kappa shape index (κ2) is 5.15. The Kier molecular flexibility index (Phi) is 3.79. The van der Waals surface area contributed by atoms with Gasteiger partial charge in [0.05, 0.1) is 0 Å². The van der Waals surface area contributed by atoms with E-state index in [-0.39, 0.29) is 5.54 Å². The first-order valence-electron chi connectivity index (χ1n) is 6.46. The van der Waals surface area contributed by atoms with Crippen LogP contribution in [0, 0.1) is 5.92 Å². The van der Waals surface area contributed by atoms with E-state index in [1.165, 1.54) is 24.8 Å². The molecular weight excluding hydrogens is 210 g/mol. The molecule has 3 heteroatoms. The van der Waals surface area contributed by atoms with Gasteiger partial charge < -0.3 is 5.73 Å². The molecule has 0 amide bonds. The number of aromatic nitrogens is 1. The highest BCUT2D eigenvalue weighted by molar-refractivity contribution is 5.11. The van der Waals surface area contributed by atoms with Crippen LogP contribution in [0.15, 0.2) is 24.5 Å². The van der Waals surface area contributed by atoms with Gasteiger partial charge in [-0.05, 0) is 49.9 Å². The Labute approximate surface area is 104 Å². The van der Waals surface area contributed by atoms with Crippen LogP contribution in [-0.2, 0) is 6.54 Å². The van der Waals surface area contributed by atoms with E-state index in [9.17, 15) is 0 Å². The first-order chi connectivity index (χ1) is 8.16. The molecule has 3 nitrogen and oxygen atoms in total. The Morgan fingerprint density at radius 3 is 2.71 bits per heavy atom. The first kappa shape index (κ1) is 12.5. The highest BCUT2D eigenvalue weighted by Crippen LogP contribution is 2.38. The van der Waals surface area contributed by atoms with Crippen molar-refractivity contribution in [2.75, 3.05) is 13.6 Å². The zero-order chi connectivity index (χ0) is 12.3. The minimum absolute atomic E-state index is 0.211. The summed E-state index contributed by atoms with van der Waals surface area (Å²) >= 11 is 0. The number of nitrogens with zero attached hydrogens (tertiary/aromatic N) is 2. The second-order valence-corrected chi connectivity index (χ2v) is 5.49. The molecule has 1 fully saturated rings. The van der Waals surface area contributed by atoms with E-state index in [0.717, 1.165) is 19.0 Å². The van der Waals surface area contributed by atoms with Gasteiger partial charge in [0, 0.05) is 31.0 Å². The number of nitrogens with two attached hydrogens (primary N) is 1. The van der Waals surface area contributed by atoms with Crippen molar-refractivity contribution in [2.24, 2.45) is 11.7 Å². The van der Waals surface area contributed by atoms with E-state index in [1.807, 2.05) is 12.4 Å². The van der Waals surface area contributed by atoms with Crippen LogP contribution in [0.4, 0.5) is 0 Å². The number of hydrogen-bond donors (Lipinski definition) is 1. The van der Waals surface area contributed by atoms with E-state index in [0.29, 0.717) is 0 Å². The Bertz CT molecular complexity index is 352. The summed E-state index contributed by atoms with van der Waals surface area (Å²) in [6.07, 6.45) is 7.47. The van der Waals surface area contributed by atoms with E-state index in [1.54, 1.807) is 0 Å². The van der Waals surface area contributed by atoms with Gasteiger partial charge in [-0.1, -0.05) is 6.92 Å². The van der Waals surface area contributed by atoms with Gasteiger partial charge in [0.2, 0.25) is 0 Å². The van der Waals surface area contributed by atoms with Crippen LogP contribution in [0.25, 0.3) is 0 Å². The molecule has 0 bridgehead atoms. The maximum absolute atomic E-state index is 6.03. The van der Waals surface area contributed by atoms with Gasteiger partial charge in [-0.2, -0.15) is 0 Å². The Hall–Kier alpha value is -0.930. The van der Waals surface area contributed by atoms with Crippen molar-refractivity contribution in [1.29, 1.82) is 0 Å². The van der Waals surface area contributed by atoms with Crippen molar-refractivity contribution < 1.29 is 0 Å². The minimum atomic E-state index is 0.211. The van der Waals surface area contributed by atoms with Crippen LogP contribution in [-0.4, -0.2) is 29.0 Å². The molecule has 1 aliphatic rings. The summed E-state index contributed by atoms with van der Waals surface area (Å²) in [5.74, 6) is 0.804. The van der Waals surface area contributed by atoms with Gasteiger partial charge >= 0.3 is 0 Å². The van der Waals surface area contributed by atoms with Crippen LogP contribution in [0.1, 0.15) is 31.7 Å². The van der Waals surface area contributed by atoms with E-state index >= 15 is 0 Å². The van der Waals surface area contributed by atoms with E-state index < -0.39 is 0 Å². The molecule has 17 heavy (non-hydrogen) atoms. The fourth-order valence-electron chi connectivity index (χ4n) is 2.99. The molecule has 2 N–H and O–H groups in total. The molecule has 1 aliphatic carbocycles. The van der Waals surface area contributed by atoms with Crippen molar-refractivity contribution >= 4 is 0 Å². The molecule has 2 unspecified atom stereocenters. The summed E-state index contributed by atoms with van der Waals surface area (Å²) in [5, 5.41) is 0. The smallest absolute Gasteiger partial charge is 0.0334 e. The summed E-state index contributed by atoms with van der Waals surface area (Å²) in [6, 6.07) is 4.16. The maximum atomic E-state index is 6.03. The van der Waals surface area contributed by atoms with Crippen LogP contribution >= 0.6 is 0 Å². The summed E-state index contributed by atoms with van der Waals surface area (Å²) < 4.78 is 0. The molecule has 94 valence electrons. The second-order valence-electron chi connectivity index (χ2n) is 5.49. The first-order valence-corrected chi connectivity index (χ1v) is 6.46. The normalized spacial score (nSPS) is 28.8. The topological polar surface area (TPSA) is 42.1 Å². The molecule has 2 atom stereocenters. The lowest BCUT2D eigenvalue weighted by atomic mass is 9.94. The number of pyridine rings is 1. The standard InChI is InChI=1S/C14H23N3/c1-12-3-6-14(9-12,11-15)17(2)10-13-4-7-16-8-5-13/h4-5,7-8,12H,3,6,9-11,15H2,1-2H3. The summed E-state index contributed by atoms with van der Waals surface area (Å²) in [7, 11) is 2.20. The van der Waals surface area contributed by atoms with Crippen molar-refractivity contribution in [3.8, 4) is 0 Å². The molecule has 0 radical (unpaired) electrons. The van der Waals surface area contributed by atoms with Gasteiger partial charge in [-0.25, -0.2) is 0 Å². The molecular formula is C14H23N3. The summed E-state index contributed by atoms with van der Waals surface area (Å²) in [4.78, 5) is 6.49. The molecule has 2 rings (SSSR count). The molecule has 0 saturated heterocycles. The predicted molar refractivity (Wildman–Crippen MR) is 70.5 cm³/mol. The SMILES string of the molecule is CC1CCC(CN)(N(C)Cc2ccncc2)C1. The lowest BCUT2D eigenvalue weighted by molar-refractivity contribution is 0.120. The highest BCUT2D eigenvalue weighted by atomic mass is 15.2. The zero-order valence-corrected chi connectivity index (χ0v) is 10.9. The fourth-order valence-corrected chi connectivity index (χ4v) is 2.99. The molecule has 0 aromatic carbocycles. The van der Waals surface area contributed by atoms with Gasteiger partial charge in [0.15, 0.2) is 0 Å². The van der Waals surface area contributed by atoms with Crippen molar-refractivity contribution in [2.45, 2.75) is 38.3 Å². The molecule has 1 aromatic rings. The summed E-state index contributed by atoms with van der Waals surface area (Å²) in [6.45, 7) is 4.06. The number of hydrogen-bond acceptors (Lipinski definition) is 3. The molecule has 1 heterocycles. The highest BCUT2D eigenvalue weighted by Gasteiger charge is 2.39. The Morgan fingerprint density at radius 1 is 1.47 bits per heavy atom. The fraction of sp³-hybridized carbons (Fsp3) is 0.643. The van der Waals surface area contributed by atoms with Crippen LogP contribution in [0.3, 0.4) is 0 Å². The molecule has 1 aromatic heterocycles. The predicted octanol–water partition coefficient (Wildman–Crippen LogP) is 2.03. The van der Waals surface area contributed by atoms with E-state index in [4.69, 9.17) is 5.73 Å². The lowest BCUT2D eigenvalue weighted by Crippen LogP contribution is -2.49. The summed E-state index contributed by atoms with van der Waals surface area (Å²) in [5.41, 5.74) is 7.56. The van der Waals surface area contributed by atoms with Crippen molar-refractivity contribution in [1.82, 2.24) is 9.88 Å². The molecule has 0 spiro atoms. The Morgan fingerprint density at radius 2 is 2.18 bits per heavy atom. The average molecular weight is 233 g/mol. The quantitative estimate of drug-likeness (QED) is 0.865.